The molecule has 0 aromatic carbocycles. The molecular weight excluding hydrogens is 278 g/mol. The lowest BCUT2D eigenvalue weighted by molar-refractivity contribution is -0.122. The Hall–Kier alpha value is -1.69. The highest BCUT2D eigenvalue weighted by Crippen LogP contribution is 2.40. The van der Waals surface area contributed by atoms with E-state index >= 15 is 0 Å². The van der Waals surface area contributed by atoms with Crippen molar-refractivity contribution in [3.05, 3.63) is 18.6 Å². The molecule has 0 saturated carbocycles. The average Bonchev–Trinajstić information content (AvgIpc) is 2.58. The van der Waals surface area contributed by atoms with Crippen molar-refractivity contribution in [2.24, 2.45) is 5.41 Å². The Morgan fingerprint density at radius 1 is 1.27 bits per heavy atom. The van der Waals surface area contributed by atoms with Crippen molar-refractivity contribution in [3.8, 4) is 0 Å². The number of hydrogen-bond donors (Lipinski definition) is 1. The standard InChI is InChI=1S/C16H25N5O/c1-17-15(22)12-20-9-4-16(5-10-20)3-2-8-21(13-16)14-11-18-6-7-19-14/h6-7,11H,2-5,8-10,12-13H2,1H3,(H,17,22). The minimum Gasteiger partial charge on any atom is -0.358 e. The van der Waals surface area contributed by atoms with Gasteiger partial charge in [-0.15, -0.1) is 0 Å². The van der Waals surface area contributed by atoms with Crippen LogP contribution in [-0.4, -0.2) is 60.5 Å². The van der Waals surface area contributed by atoms with Gasteiger partial charge in [0, 0.05) is 32.5 Å². The summed E-state index contributed by atoms with van der Waals surface area (Å²) in [5, 5.41) is 2.71. The molecule has 0 bridgehead atoms. The molecule has 6 heteroatoms. The number of amides is 1. The van der Waals surface area contributed by atoms with Crippen molar-refractivity contribution in [2.75, 3.05) is 44.7 Å². The quantitative estimate of drug-likeness (QED) is 0.899. The zero-order valence-electron chi connectivity index (χ0n) is 13.3. The predicted octanol–water partition coefficient (Wildman–Crippen LogP) is 0.905. The third-order valence-corrected chi connectivity index (χ3v) is 5.10. The molecule has 0 atom stereocenters. The first-order chi connectivity index (χ1) is 10.7. The van der Waals surface area contributed by atoms with Crippen molar-refractivity contribution in [1.29, 1.82) is 0 Å². The molecular formula is C16H25N5O. The molecule has 0 radical (unpaired) electrons. The average molecular weight is 303 g/mol. The Kier molecular flexibility index (Phi) is 4.57. The van der Waals surface area contributed by atoms with Crippen LogP contribution in [0.3, 0.4) is 0 Å². The summed E-state index contributed by atoms with van der Waals surface area (Å²) >= 11 is 0. The summed E-state index contributed by atoms with van der Waals surface area (Å²) in [6.45, 7) is 4.70. The summed E-state index contributed by atoms with van der Waals surface area (Å²) in [5.41, 5.74) is 0.384. The molecule has 22 heavy (non-hydrogen) atoms. The van der Waals surface area contributed by atoms with E-state index in [0.29, 0.717) is 12.0 Å². The number of nitrogens with zero attached hydrogens (tertiary/aromatic N) is 4. The zero-order chi connectivity index (χ0) is 15.4. The maximum Gasteiger partial charge on any atom is 0.233 e. The molecule has 2 aliphatic rings. The van der Waals surface area contributed by atoms with Gasteiger partial charge in [0.05, 0.1) is 12.7 Å². The number of anilines is 1. The fourth-order valence-corrected chi connectivity index (χ4v) is 3.73. The highest BCUT2D eigenvalue weighted by Gasteiger charge is 2.38. The number of carbonyl (C=O) groups is 1. The number of nitrogens with one attached hydrogen (secondary N) is 1. The van der Waals surface area contributed by atoms with E-state index in [1.165, 1.54) is 25.7 Å². The lowest BCUT2D eigenvalue weighted by atomic mass is 9.72. The molecule has 2 aliphatic heterocycles. The van der Waals surface area contributed by atoms with Crippen LogP contribution in [0, 0.1) is 5.41 Å². The van der Waals surface area contributed by atoms with E-state index in [-0.39, 0.29) is 5.91 Å². The molecule has 6 nitrogen and oxygen atoms in total. The van der Waals surface area contributed by atoms with Gasteiger partial charge in [0.2, 0.25) is 5.91 Å². The molecule has 3 heterocycles. The molecule has 1 amide bonds. The van der Waals surface area contributed by atoms with Crippen LogP contribution in [0.5, 0.6) is 0 Å². The van der Waals surface area contributed by atoms with Gasteiger partial charge in [-0.25, -0.2) is 4.98 Å². The number of aromatic nitrogens is 2. The van der Waals surface area contributed by atoms with Crippen LogP contribution in [0.15, 0.2) is 18.6 Å². The van der Waals surface area contributed by atoms with Crippen molar-refractivity contribution in [3.63, 3.8) is 0 Å². The van der Waals surface area contributed by atoms with Gasteiger partial charge in [-0.3, -0.25) is 14.7 Å². The Bertz CT molecular complexity index is 499. The Balaban J connectivity index is 1.59. The lowest BCUT2D eigenvalue weighted by Gasteiger charge is -2.47. The normalized spacial score (nSPS) is 21.8. The number of hydrogen-bond acceptors (Lipinski definition) is 5. The lowest BCUT2D eigenvalue weighted by Crippen LogP contribution is -2.51. The molecule has 1 spiro atoms. The summed E-state index contributed by atoms with van der Waals surface area (Å²) in [4.78, 5) is 24.8. The predicted molar refractivity (Wildman–Crippen MR) is 85.7 cm³/mol. The third kappa shape index (κ3) is 3.38. The van der Waals surface area contributed by atoms with Crippen molar-refractivity contribution in [1.82, 2.24) is 20.2 Å². The monoisotopic (exact) mass is 303 g/mol. The fourth-order valence-electron chi connectivity index (χ4n) is 3.73. The van der Waals surface area contributed by atoms with Gasteiger partial charge in [-0.2, -0.15) is 0 Å². The second-order valence-electron chi connectivity index (χ2n) is 6.54. The van der Waals surface area contributed by atoms with Crippen LogP contribution in [0.4, 0.5) is 5.82 Å². The highest BCUT2D eigenvalue weighted by atomic mass is 16.1. The van der Waals surface area contributed by atoms with Crippen molar-refractivity contribution >= 4 is 11.7 Å². The van der Waals surface area contributed by atoms with E-state index in [9.17, 15) is 4.79 Å². The molecule has 0 unspecified atom stereocenters. The topological polar surface area (TPSA) is 61.4 Å². The molecule has 3 rings (SSSR count). The number of piperidine rings is 2. The van der Waals surface area contributed by atoms with Crippen molar-refractivity contribution in [2.45, 2.75) is 25.7 Å². The molecule has 0 aliphatic carbocycles. The van der Waals surface area contributed by atoms with E-state index in [4.69, 9.17) is 0 Å². The van der Waals surface area contributed by atoms with Gasteiger partial charge in [0.1, 0.15) is 5.82 Å². The number of rotatable bonds is 3. The fraction of sp³-hybridized carbons (Fsp3) is 0.688. The first-order valence-corrected chi connectivity index (χ1v) is 8.15. The Morgan fingerprint density at radius 3 is 2.77 bits per heavy atom. The first kappa shape index (κ1) is 15.2. The van der Waals surface area contributed by atoms with Crippen LogP contribution in [0.1, 0.15) is 25.7 Å². The van der Waals surface area contributed by atoms with E-state index in [0.717, 1.165) is 32.0 Å². The smallest absolute Gasteiger partial charge is 0.233 e. The zero-order valence-corrected chi connectivity index (χ0v) is 13.3. The van der Waals surface area contributed by atoms with E-state index in [2.05, 4.69) is 25.1 Å². The summed E-state index contributed by atoms with van der Waals surface area (Å²) in [7, 11) is 1.70. The molecule has 2 saturated heterocycles. The minimum absolute atomic E-state index is 0.112. The van der Waals surface area contributed by atoms with Crippen LogP contribution in [0.25, 0.3) is 0 Å². The molecule has 1 aromatic heterocycles. The second kappa shape index (κ2) is 6.60. The first-order valence-electron chi connectivity index (χ1n) is 8.15. The van der Waals surface area contributed by atoms with Gasteiger partial charge in [-0.1, -0.05) is 0 Å². The van der Waals surface area contributed by atoms with Crippen LogP contribution >= 0.6 is 0 Å². The van der Waals surface area contributed by atoms with Crippen LogP contribution in [0.2, 0.25) is 0 Å². The van der Waals surface area contributed by atoms with E-state index in [1.807, 2.05) is 6.20 Å². The van der Waals surface area contributed by atoms with Crippen LogP contribution < -0.4 is 10.2 Å². The molecule has 2 fully saturated rings. The second-order valence-corrected chi connectivity index (χ2v) is 6.54. The van der Waals surface area contributed by atoms with Crippen LogP contribution in [-0.2, 0) is 4.79 Å². The van der Waals surface area contributed by atoms with Gasteiger partial charge in [-0.05, 0) is 44.2 Å². The number of carbonyl (C=O) groups excluding carboxylic acids is 1. The minimum atomic E-state index is 0.112. The number of likely N-dealkylation sites (N-methyl/N-ethyl adjacent to an activating group) is 1. The maximum absolute atomic E-state index is 11.5. The van der Waals surface area contributed by atoms with Gasteiger partial charge in [0.15, 0.2) is 0 Å². The van der Waals surface area contributed by atoms with Gasteiger partial charge in [0.25, 0.3) is 0 Å². The highest BCUT2D eigenvalue weighted by molar-refractivity contribution is 5.77. The van der Waals surface area contributed by atoms with E-state index < -0.39 is 0 Å². The third-order valence-electron chi connectivity index (χ3n) is 5.10. The molecule has 120 valence electrons. The SMILES string of the molecule is CNC(=O)CN1CCC2(CCCN(c3cnccn3)C2)CC1. The Morgan fingerprint density at radius 2 is 2.09 bits per heavy atom. The summed E-state index contributed by atoms with van der Waals surface area (Å²) in [5.74, 6) is 1.11. The molecule has 1 N–H and O–H groups in total. The van der Waals surface area contributed by atoms with Crippen molar-refractivity contribution < 1.29 is 4.79 Å². The Labute approximate surface area is 131 Å². The molecule has 1 aromatic rings. The summed E-state index contributed by atoms with van der Waals surface area (Å²) in [6, 6.07) is 0. The van der Waals surface area contributed by atoms with E-state index in [1.54, 1.807) is 19.4 Å². The number of likely N-dealkylation sites (tertiary alicyclic amines) is 1. The van der Waals surface area contributed by atoms with Gasteiger partial charge >= 0.3 is 0 Å². The summed E-state index contributed by atoms with van der Waals surface area (Å²) in [6.07, 6.45) is 10.2. The largest absolute Gasteiger partial charge is 0.358 e. The summed E-state index contributed by atoms with van der Waals surface area (Å²) < 4.78 is 0. The maximum atomic E-state index is 11.5. The van der Waals surface area contributed by atoms with Gasteiger partial charge < -0.3 is 10.2 Å².